The van der Waals surface area contributed by atoms with Crippen LogP contribution >= 0.6 is 0 Å². The third-order valence-corrected chi connectivity index (χ3v) is 4.43. The first-order valence-corrected chi connectivity index (χ1v) is 7.18. The second-order valence-electron chi connectivity index (χ2n) is 5.57. The van der Waals surface area contributed by atoms with Gasteiger partial charge in [-0.2, -0.15) is 0 Å². The molecule has 0 atom stereocenters. The predicted octanol–water partition coefficient (Wildman–Crippen LogP) is 0.380. The zero-order chi connectivity index (χ0) is 14.9. The number of piperazine rings is 1. The molecule has 1 aromatic heterocycles. The van der Waals surface area contributed by atoms with Gasteiger partial charge in [0, 0.05) is 38.6 Å². The van der Waals surface area contributed by atoms with Gasteiger partial charge in [0.1, 0.15) is 5.41 Å². The molecule has 0 aromatic carbocycles. The number of carboxylic acids is 1. The lowest BCUT2D eigenvalue weighted by atomic mass is 9.67. The summed E-state index contributed by atoms with van der Waals surface area (Å²) in [4.78, 5) is 36.0. The maximum absolute atomic E-state index is 12.5. The Morgan fingerprint density at radius 3 is 2.19 bits per heavy atom. The molecule has 2 heterocycles. The van der Waals surface area contributed by atoms with Crippen LogP contribution in [0.4, 0.5) is 5.95 Å². The number of amides is 1. The minimum atomic E-state index is -1.16. The zero-order valence-corrected chi connectivity index (χ0v) is 11.7. The number of hydrogen-bond donors (Lipinski definition) is 1. The predicted molar refractivity (Wildman–Crippen MR) is 74.7 cm³/mol. The lowest BCUT2D eigenvalue weighted by molar-refractivity contribution is -0.167. The number of carbonyl (C=O) groups is 2. The molecule has 1 aliphatic heterocycles. The van der Waals surface area contributed by atoms with Crippen LogP contribution in [0.1, 0.15) is 19.3 Å². The summed E-state index contributed by atoms with van der Waals surface area (Å²) in [5.41, 5.74) is -1.16. The standard InChI is InChI=1S/C14H18N4O3/c19-11(14(12(20)21)3-1-4-14)17-7-9-18(10-8-17)13-15-5-2-6-16-13/h2,5-6H,1,3-4,7-10H2,(H,20,21). The molecule has 1 aromatic rings. The molecule has 7 heteroatoms. The van der Waals surface area contributed by atoms with E-state index in [2.05, 4.69) is 9.97 Å². The quantitative estimate of drug-likeness (QED) is 0.810. The summed E-state index contributed by atoms with van der Waals surface area (Å²) in [5.74, 6) is -0.552. The number of anilines is 1. The number of rotatable bonds is 3. The first-order chi connectivity index (χ1) is 10.1. The van der Waals surface area contributed by atoms with Crippen molar-refractivity contribution in [3.63, 3.8) is 0 Å². The molecule has 0 radical (unpaired) electrons. The number of carbonyl (C=O) groups excluding carboxylic acids is 1. The highest BCUT2D eigenvalue weighted by molar-refractivity contribution is 6.02. The van der Waals surface area contributed by atoms with E-state index in [4.69, 9.17) is 0 Å². The third kappa shape index (κ3) is 2.32. The van der Waals surface area contributed by atoms with E-state index in [0.717, 1.165) is 6.42 Å². The van der Waals surface area contributed by atoms with Crippen LogP contribution in [0.15, 0.2) is 18.5 Å². The second-order valence-corrected chi connectivity index (χ2v) is 5.57. The fourth-order valence-corrected chi connectivity index (χ4v) is 2.92. The Bertz CT molecular complexity index is 536. The maximum atomic E-state index is 12.5. The van der Waals surface area contributed by atoms with Crippen molar-refractivity contribution >= 4 is 17.8 Å². The topological polar surface area (TPSA) is 86.6 Å². The number of hydrogen-bond acceptors (Lipinski definition) is 5. The van der Waals surface area contributed by atoms with Gasteiger partial charge in [0.15, 0.2) is 0 Å². The minimum Gasteiger partial charge on any atom is -0.480 e. The van der Waals surface area contributed by atoms with Crippen LogP contribution in [-0.4, -0.2) is 58.0 Å². The zero-order valence-electron chi connectivity index (χ0n) is 11.7. The summed E-state index contributed by atoms with van der Waals surface area (Å²) in [7, 11) is 0. The van der Waals surface area contributed by atoms with Gasteiger partial charge >= 0.3 is 5.97 Å². The van der Waals surface area contributed by atoms with E-state index in [9.17, 15) is 14.7 Å². The van der Waals surface area contributed by atoms with Crippen LogP contribution in [0.5, 0.6) is 0 Å². The van der Waals surface area contributed by atoms with Crippen LogP contribution < -0.4 is 4.90 Å². The molecule has 3 rings (SSSR count). The molecule has 21 heavy (non-hydrogen) atoms. The van der Waals surface area contributed by atoms with Crippen LogP contribution in [0, 0.1) is 5.41 Å². The molecule has 1 aliphatic carbocycles. The Morgan fingerprint density at radius 1 is 1.10 bits per heavy atom. The Kier molecular flexibility index (Phi) is 3.48. The number of aliphatic carboxylic acids is 1. The van der Waals surface area contributed by atoms with Gasteiger partial charge in [-0.1, -0.05) is 6.42 Å². The highest BCUT2D eigenvalue weighted by atomic mass is 16.4. The summed E-state index contributed by atoms with van der Waals surface area (Å²) >= 11 is 0. The molecule has 1 N–H and O–H groups in total. The normalized spacial score (nSPS) is 20.8. The molecule has 1 amide bonds. The number of nitrogens with zero attached hydrogens (tertiary/aromatic N) is 4. The Morgan fingerprint density at radius 2 is 1.71 bits per heavy atom. The van der Waals surface area contributed by atoms with Crippen molar-refractivity contribution in [2.24, 2.45) is 5.41 Å². The smallest absolute Gasteiger partial charge is 0.319 e. The van der Waals surface area contributed by atoms with E-state index in [1.165, 1.54) is 0 Å². The van der Waals surface area contributed by atoms with Crippen LogP contribution in [0.3, 0.4) is 0 Å². The van der Waals surface area contributed by atoms with Crippen molar-refractivity contribution in [3.05, 3.63) is 18.5 Å². The van der Waals surface area contributed by atoms with Gasteiger partial charge in [0.05, 0.1) is 0 Å². The molecular formula is C14H18N4O3. The SMILES string of the molecule is O=C(O)C1(C(=O)N2CCN(c3ncccn3)CC2)CCC1. The van der Waals surface area contributed by atoms with Gasteiger partial charge in [0.2, 0.25) is 11.9 Å². The third-order valence-electron chi connectivity index (χ3n) is 4.43. The maximum Gasteiger partial charge on any atom is 0.319 e. The van der Waals surface area contributed by atoms with E-state index >= 15 is 0 Å². The van der Waals surface area contributed by atoms with Crippen LogP contribution in [0.2, 0.25) is 0 Å². The Hall–Kier alpha value is -2.18. The van der Waals surface area contributed by atoms with Crippen molar-refractivity contribution in [3.8, 4) is 0 Å². The number of aromatic nitrogens is 2. The van der Waals surface area contributed by atoms with E-state index < -0.39 is 11.4 Å². The molecule has 1 saturated heterocycles. The Balaban J connectivity index is 1.63. The monoisotopic (exact) mass is 290 g/mol. The summed E-state index contributed by atoms with van der Waals surface area (Å²) in [6.45, 7) is 2.30. The largest absolute Gasteiger partial charge is 0.480 e. The fraction of sp³-hybridized carbons (Fsp3) is 0.571. The lowest BCUT2D eigenvalue weighted by Gasteiger charge is -2.42. The first kappa shape index (κ1) is 13.8. The summed E-state index contributed by atoms with van der Waals surface area (Å²) < 4.78 is 0. The average molecular weight is 290 g/mol. The van der Waals surface area contributed by atoms with Crippen molar-refractivity contribution in [2.75, 3.05) is 31.1 Å². The van der Waals surface area contributed by atoms with Crippen molar-refractivity contribution in [2.45, 2.75) is 19.3 Å². The van der Waals surface area contributed by atoms with Gasteiger partial charge in [-0.25, -0.2) is 9.97 Å². The highest BCUT2D eigenvalue weighted by Gasteiger charge is 2.53. The van der Waals surface area contributed by atoms with E-state index in [1.54, 1.807) is 23.4 Å². The van der Waals surface area contributed by atoms with Crippen LogP contribution in [0.25, 0.3) is 0 Å². The summed E-state index contributed by atoms with van der Waals surface area (Å²) in [6, 6.07) is 1.76. The molecule has 2 aliphatic rings. The summed E-state index contributed by atoms with van der Waals surface area (Å²) in [6.07, 6.45) is 5.11. The molecule has 0 bridgehead atoms. The minimum absolute atomic E-state index is 0.227. The van der Waals surface area contributed by atoms with Crippen molar-refractivity contribution in [1.82, 2.24) is 14.9 Å². The summed E-state index contributed by atoms with van der Waals surface area (Å²) in [5, 5.41) is 9.34. The van der Waals surface area contributed by atoms with Gasteiger partial charge in [-0.3, -0.25) is 9.59 Å². The van der Waals surface area contributed by atoms with Gasteiger partial charge in [0.25, 0.3) is 0 Å². The van der Waals surface area contributed by atoms with Gasteiger partial charge in [-0.15, -0.1) is 0 Å². The average Bonchev–Trinajstić information content (AvgIpc) is 2.47. The van der Waals surface area contributed by atoms with E-state index in [-0.39, 0.29) is 5.91 Å². The molecule has 2 fully saturated rings. The second kappa shape index (κ2) is 5.31. The van der Waals surface area contributed by atoms with Gasteiger partial charge in [-0.05, 0) is 18.9 Å². The van der Waals surface area contributed by atoms with Gasteiger partial charge < -0.3 is 14.9 Å². The fourth-order valence-electron chi connectivity index (χ4n) is 2.92. The van der Waals surface area contributed by atoms with E-state index in [1.807, 2.05) is 4.90 Å². The molecule has 0 spiro atoms. The molecular weight excluding hydrogens is 272 g/mol. The van der Waals surface area contributed by atoms with Crippen LogP contribution in [-0.2, 0) is 9.59 Å². The highest BCUT2D eigenvalue weighted by Crippen LogP contribution is 2.43. The lowest BCUT2D eigenvalue weighted by Crippen LogP contribution is -2.57. The van der Waals surface area contributed by atoms with Crippen molar-refractivity contribution < 1.29 is 14.7 Å². The Labute approximate surface area is 122 Å². The molecule has 1 saturated carbocycles. The van der Waals surface area contributed by atoms with Crippen molar-refractivity contribution in [1.29, 1.82) is 0 Å². The number of carboxylic acid groups (broad SMARTS) is 1. The van der Waals surface area contributed by atoms with E-state index in [0.29, 0.717) is 45.0 Å². The first-order valence-electron chi connectivity index (χ1n) is 7.18. The molecule has 7 nitrogen and oxygen atoms in total. The molecule has 112 valence electrons. The molecule has 0 unspecified atom stereocenters.